The summed E-state index contributed by atoms with van der Waals surface area (Å²) in [5.41, 5.74) is 3.77. The zero-order valence-corrected chi connectivity index (χ0v) is 10.7. The van der Waals surface area contributed by atoms with Crippen LogP contribution in [0.3, 0.4) is 0 Å². The third-order valence-electron chi connectivity index (χ3n) is 2.76. The molecule has 0 spiro atoms. The minimum atomic E-state index is -0.337. The van der Waals surface area contributed by atoms with Gasteiger partial charge in [0.2, 0.25) is 0 Å². The van der Waals surface area contributed by atoms with E-state index in [1.165, 1.54) is 6.08 Å². The number of nitrogens with zero attached hydrogens (tertiary/aromatic N) is 3. The van der Waals surface area contributed by atoms with E-state index in [1.807, 2.05) is 26.1 Å². The van der Waals surface area contributed by atoms with Crippen molar-refractivity contribution in [3.05, 3.63) is 29.3 Å². The maximum atomic E-state index is 11.3. The quantitative estimate of drug-likeness (QED) is 0.611. The molecule has 2 rings (SSSR count). The fraction of sp³-hybridized carbons (Fsp3) is 0.308. The molecule has 1 aromatic carbocycles. The molecule has 18 heavy (non-hydrogen) atoms. The third-order valence-corrected chi connectivity index (χ3v) is 2.76. The van der Waals surface area contributed by atoms with Crippen molar-refractivity contribution < 1.29 is 9.53 Å². The van der Waals surface area contributed by atoms with Crippen molar-refractivity contribution in [2.75, 3.05) is 6.61 Å². The van der Waals surface area contributed by atoms with Crippen LogP contribution in [0.5, 0.6) is 0 Å². The van der Waals surface area contributed by atoms with Crippen molar-refractivity contribution in [2.24, 2.45) is 7.05 Å². The first kappa shape index (κ1) is 12.3. The molecule has 94 valence electrons. The fourth-order valence-electron chi connectivity index (χ4n) is 1.78. The summed E-state index contributed by atoms with van der Waals surface area (Å²) >= 11 is 0. The van der Waals surface area contributed by atoms with E-state index in [2.05, 4.69) is 10.3 Å². The first-order valence-electron chi connectivity index (χ1n) is 5.77. The van der Waals surface area contributed by atoms with E-state index in [9.17, 15) is 4.79 Å². The zero-order valence-electron chi connectivity index (χ0n) is 10.7. The van der Waals surface area contributed by atoms with Crippen LogP contribution < -0.4 is 0 Å². The predicted molar refractivity (Wildman–Crippen MR) is 68.9 cm³/mol. The number of esters is 1. The molecule has 0 bridgehead atoms. The van der Waals surface area contributed by atoms with Gasteiger partial charge in [0.1, 0.15) is 5.52 Å². The van der Waals surface area contributed by atoms with Crippen molar-refractivity contribution in [1.29, 1.82) is 0 Å². The standard InChI is InChI=1S/C13H15N3O2/c1-4-18-12(17)8-6-10-5-7-11-13(9(10)2)14-15-16(11)3/h5-8H,4H2,1-3H3. The lowest BCUT2D eigenvalue weighted by Gasteiger charge is -2.01. The summed E-state index contributed by atoms with van der Waals surface area (Å²) in [6.07, 6.45) is 3.16. The van der Waals surface area contributed by atoms with Gasteiger partial charge in [0.15, 0.2) is 0 Å². The molecule has 5 heteroatoms. The van der Waals surface area contributed by atoms with E-state index in [-0.39, 0.29) is 5.97 Å². The lowest BCUT2D eigenvalue weighted by Crippen LogP contribution is -1.98. The molecule has 0 saturated heterocycles. The van der Waals surface area contributed by atoms with Gasteiger partial charge >= 0.3 is 5.97 Å². The molecule has 0 unspecified atom stereocenters. The number of ether oxygens (including phenoxy) is 1. The Labute approximate surface area is 105 Å². The molecule has 0 atom stereocenters. The molecular weight excluding hydrogens is 230 g/mol. The van der Waals surface area contributed by atoms with Gasteiger partial charge in [0.25, 0.3) is 0 Å². The zero-order chi connectivity index (χ0) is 13.1. The highest BCUT2D eigenvalue weighted by Crippen LogP contribution is 2.20. The lowest BCUT2D eigenvalue weighted by molar-refractivity contribution is -0.137. The van der Waals surface area contributed by atoms with Crippen LogP contribution in [0.2, 0.25) is 0 Å². The van der Waals surface area contributed by atoms with E-state index in [1.54, 1.807) is 17.7 Å². The van der Waals surface area contributed by atoms with Crippen LogP contribution in [0.15, 0.2) is 18.2 Å². The molecule has 1 heterocycles. The second kappa shape index (κ2) is 5.00. The number of carbonyl (C=O) groups excluding carboxylic acids is 1. The fourth-order valence-corrected chi connectivity index (χ4v) is 1.78. The van der Waals surface area contributed by atoms with E-state index in [0.29, 0.717) is 6.61 Å². The molecule has 0 radical (unpaired) electrons. The summed E-state index contributed by atoms with van der Waals surface area (Å²) in [6.45, 7) is 4.12. The molecule has 0 saturated carbocycles. The molecule has 0 fully saturated rings. The van der Waals surface area contributed by atoms with Gasteiger partial charge in [0.05, 0.1) is 12.1 Å². The number of benzene rings is 1. The van der Waals surface area contributed by atoms with Crippen LogP contribution in [0, 0.1) is 6.92 Å². The van der Waals surface area contributed by atoms with Crippen LogP contribution in [-0.2, 0) is 16.6 Å². The summed E-state index contributed by atoms with van der Waals surface area (Å²) in [4.78, 5) is 11.3. The number of hydrogen-bond acceptors (Lipinski definition) is 4. The Morgan fingerprint density at radius 3 is 3.00 bits per heavy atom. The Morgan fingerprint density at radius 1 is 1.50 bits per heavy atom. The van der Waals surface area contributed by atoms with Gasteiger partial charge < -0.3 is 4.74 Å². The van der Waals surface area contributed by atoms with E-state index in [4.69, 9.17) is 4.74 Å². The van der Waals surface area contributed by atoms with Crippen molar-refractivity contribution >= 4 is 23.1 Å². The number of aromatic nitrogens is 3. The van der Waals surface area contributed by atoms with Crippen LogP contribution in [0.25, 0.3) is 17.1 Å². The highest BCUT2D eigenvalue weighted by Gasteiger charge is 2.07. The van der Waals surface area contributed by atoms with Crippen LogP contribution in [0.4, 0.5) is 0 Å². The van der Waals surface area contributed by atoms with E-state index >= 15 is 0 Å². The number of aryl methyl sites for hydroxylation is 2. The summed E-state index contributed by atoms with van der Waals surface area (Å²) < 4.78 is 6.56. The molecular formula is C13H15N3O2. The van der Waals surface area contributed by atoms with Gasteiger partial charge in [-0.25, -0.2) is 9.48 Å². The molecule has 0 amide bonds. The molecule has 0 aliphatic rings. The SMILES string of the molecule is CCOC(=O)C=Cc1ccc2c(nnn2C)c1C. The smallest absolute Gasteiger partial charge is 0.330 e. The number of hydrogen-bond donors (Lipinski definition) is 0. The summed E-state index contributed by atoms with van der Waals surface area (Å²) in [5.74, 6) is -0.337. The predicted octanol–water partition coefficient (Wildman–Crippen LogP) is 1.85. The van der Waals surface area contributed by atoms with Gasteiger partial charge in [-0.15, -0.1) is 5.10 Å². The monoisotopic (exact) mass is 245 g/mol. The van der Waals surface area contributed by atoms with Gasteiger partial charge in [0, 0.05) is 13.1 Å². The summed E-state index contributed by atoms with van der Waals surface area (Å²) in [5, 5.41) is 8.08. The van der Waals surface area contributed by atoms with Gasteiger partial charge in [-0.05, 0) is 37.1 Å². The topological polar surface area (TPSA) is 57.0 Å². The van der Waals surface area contributed by atoms with Crippen molar-refractivity contribution in [3.63, 3.8) is 0 Å². The Morgan fingerprint density at radius 2 is 2.28 bits per heavy atom. The number of fused-ring (bicyclic) bond motifs is 1. The summed E-state index contributed by atoms with van der Waals surface area (Å²) in [6, 6.07) is 3.88. The number of rotatable bonds is 3. The third kappa shape index (κ3) is 2.25. The first-order valence-corrected chi connectivity index (χ1v) is 5.77. The Bertz CT molecular complexity index is 614. The van der Waals surface area contributed by atoms with Gasteiger partial charge in [-0.3, -0.25) is 0 Å². The van der Waals surface area contributed by atoms with Gasteiger partial charge in [-0.1, -0.05) is 11.3 Å². The Balaban J connectivity index is 2.35. The van der Waals surface area contributed by atoms with Crippen LogP contribution >= 0.6 is 0 Å². The van der Waals surface area contributed by atoms with Crippen LogP contribution in [0.1, 0.15) is 18.1 Å². The molecule has 0 N–H and O–H groups in total. The molecule has 2 aromatic rings. The van der Waals surface area contributed by atoms with Crippen LogP contribution in [-0.4, -0.2) is 27.6 Å². The first-order chi connectivity index (χ1) is 8.63. The average Bonchev–Trinajstić information content (AvgIpc) is 2.72. The maximum absolute atomic E-state index is 11.3. The highest BCUT2D eigenvalue weighted by atomic mass is 16.5. The minimum absolute atomic E-state index is 0.337. The van der Waals surface area contributed by atoms with Crippen molar-refractivity contribution in [1.82, 2.24) is 15.0 Å². The highest BCUT2D eigenvalue weighted by molar-refractivity contribution is 5.89. The second-order valence-corrected chi connectivity index (χ2v) is 3.95. The Kier molecular flexibility index (Phi) is 3.41. The van der Waals surface area contributed by atoms with Crippen molar-refractivity contribution in [3.8, 4) is 0 Å². The van der Waals surface area contributed by atoms with Gasteiger partial charge in [-0.2, -0.15) is 0 Å². The molecule has 1 aromatic heterocycles. The minimum Gasteiger partial charge on any atom is -0.463 e. The molecule has 0 aliphatic heterocycles. The number of carbonyl (C=O) groups is 1. The average molecular weight is 245 g/mol. The second-order valence-electron chi connectivity index (χ2n) is 3.95. The Hall–Kier alpha value is -2.17. The summed E-state index contributed by atoms with van der Waals surface area (Å²) in [7, 11) is 1.85. The van der Waals surface area contributed by atoms with Crippen molar-refractivity contribution in [2.45, 2.75) is 13.8 Å². The molecule has 5 nitrogen and oxygen atoms in total. The lowest BCUT2D eigenvalue weighted by atomic mass is 10.1. The maximum Gasteiger partial charge on any atom is 0.330 e. The largest absolute Gasteiger partial charge is 0.463 e. The normalized spacial score (nSPS) is 11.3. The van der Waals surface area contributed by atoms with E-state index < -0.39 is 0 Å². The van der Waals surface area contributed by atoms with E-state index in [0.717, 1.165) is 22.2 Å². The molecule has 0 aliphatic carbocycles.